The van der Waals surface area contributed by atoms with Crippen LogP contribution < -0.4 is 5.32 Å². The molecule has 0 bridgehead atoms. The van der Waals surface area contributed by atoms with E-state index in [1.165, 1.54) is 42.4 Å². The van der Waals surface area contributed by atoms with Gasteiger partial charge in [0.15, 0.2) is 0 Å². The molecule has 1 aromatic carbocycles. The Bertz CT molecular complexity index is 395. The molecule has 0 aromatic heterocycles. The lowest BCUT2D eigenvalue weighted by Gasteiger charge is -2.30. The summed E-state index contributed by atoms with van der Waals surface area (Å²) in [6.07, 6.45) is 5.38. The number of benzene rings is 1. The van der Waals surface area contributed by atoms with Gasteiger partial charge >= 0.3 is 0 Å². The molecule has 17 heavy (non-hydrogen) atoms. The molecule has 2 unspecified atom stereocenters. The lowest BCUT2D eigenvalue weighted by molar-refractivity contribution is 0.354. The van der Waals surface area contributed by atoms with E-state index in [1.807, 2.05) is 0 Å². The van der Waals surface area contributed by atoms with Crippen molar-refractivity contribution in [2.24, 2.45) is 0 Å². The van der Waals surface area contributed by atoms with Crippen molar-refractivity contribution in [1.82, 2.24) is 5.32 Å². The third-order valence-corrected chi connectivity index (χ3v) is 4.40. The van der Waals surface area contributed by atoms with Gasteiger partial charge in [-0.15, -0.1) is 0 Å². The van der Waals surface area contributed by atoms with Crippen LogP contribution in [-0.2, 0) is 0 Å². The van der Waals surface area contributed by atoms with Gasteiger partial charge in [0, 0.05) is 6.04 Å². The Morgan fingerprint density at radius 1 is 1.00 bits per heavy atom. The fourth-order valence-electron chi connectivity index (χ4n) is 3.16. The van der Waals surface area contributed by atoms with E-state index in [4.69, 9.17) is 0 Å². The van der Waals surface area contributed by atoms with Crippen LogP contribution in [0, 0.1) is 20.8 Å². The van der Waals surface area contributed by atoms with E-state index in [9.17, 15) is 0 Å². The molecule has 94 valence electrons. The fourth-order valence-corrected chi connectivity index (χ4v) is 3.16. The summed E-state index contributed by atoms with van der Waals surface area (Å²) in [6, 6.07) is 5.50. The Hall–Kier alpha value is -0.820. The minimum Gasteiger partial charge on any atom is -0.317 e. The lowest BCUT2D eigenvalue weighted by Crippen LogP contribution is -2.30. The molecule has 1 heteroatoms. The Morgan fingerprint density at radius 2 is 1.71 bits per heavy atom. The SMILES string of the molecule is CNC1CCCC(c2cc(C)c(C)cc2C)C1. The van der Waals surface area contributed by atoms with E-state index < -0.39 is 0 Å². The Labute approximate surface area is 106 Å². The maximum Gasteiger partial charge on any atom is 0.00698 e. The zero-order chi connectivity index (χ0) is 12.4. The van der Waals surface area contributed by atoms with E-state index in [2.05, 4.69) is 45.3 Å². The summed E-state index contributed by atoms with van der Waals surface area (Å²) >= 11 is 0. The maximum absolute atomic E-state index is 3.45. The van der Waals surface area contributed by atoms with Crippen molar-refractivity contribution in [2.75, 3.05) is 7.05 Å². The van der Waals surface area contributed by atoms with Crippen molar-refractivity contribution in [1.29, 1.82) is 0 Å². The number of nitrogens with one attached hydrogen (secondary N) is 1. The average molecular weight is 231 g/mol. The highest BCUT2D eigenvalue weighted by Gasteiger charge is 2.23. The van der Waals surface area contributed by atoms with Crippen LogP contribution in [0.25, 0.3) is 0 Å². The Kier molecular flexibility index (Phi) is 3.88. The van der Waals surface area contributed by atoms with Crippen LogP contribution in [0.5, 0.6) is 0 Å². The van der Waals surface area contributed by atoms with Gasteiger partial charge in [-0.3, -0.25) is 0 Å². The molecule has 1 fully saturated rings. The largest absolute Gasteiger partial charge is 0.317 e. The third-order valence-electron chi connectivity index (χ3n) is 4.40. The average Bonchev–Trinajstić information content (AvgIpc) is 2.34. The maximum atomic E-state index is 3.45. The highest BCUT2D eigenvalue weighted by Crippen LogP contribution is 2.35. The monoisotopic (exact) mass is 231 g/mol. The van der Waals surface area contributed by atoms with Gasteiger partial charge in [0.2, 0.25) is 0 Å². The first-order chi connectivity index (χ1) is 8.11. The van der Waals surface area contributed by atoms with Gasteiger partial charge in [-0.2, -0.15) is 0 Å². The van der Waals surface area contributed by atoms with Crippen LogP contribution in [0.4, 0.5) is 0 Å². The van der Waals surface area contributed by atoms with Crippen LogP contribution in [0.1, 0.15) is 53.9 Å². The quantitative estimate of drug-likeness (QED) is 0.815. The number of aryl methyl sites for hydroxylation is 3. The van der Waals surface area contributed by atoms with E-state index in [-0.39, 0.29) is 0 Å². The van der Waals surface area contributed by atoms with Crippen molar-refractivity contribution in [3.63, 3.8) is 0 Å². The second-order valence-corrected chi connectivity index (χ2v) is 5.64. The number of hydrogen-bond donors (Lipinski definition) is 1. The van der Waals surface area contributed by atoms with Gasteiger partial charge in [-0.05, 0) is 75.3 Å². The fraction of sp³-hybridized carbons (Fsp3) is 0.625. The minimum atomic E-state index is 0.717. The second-order valence-electron chi connectivity index (χ2n) is 5.64. The summed E-state index contributed by atoms with van der Waals surface area (Å²) in [5.41, 5.74) is 5.94. The molecule has 1 aromatic rings. The van der Waals surface area contributed by atoms with Crippen molar-refractivity contribution in [2.45, 2.75) is 58.4 Å². The number of hydrogen-bond acceptors (Lipinski definition) is 1. The summed E-state index contributed by atoms with van der Waals surface area (Å²) in [5, 5.41) is 3.45. The molecular weight excluding hydrogens is 206 g/mol. The van der Waals surface area contributed by atoms with Crippen molar-refractivity contribution >= 4 is 0 Å². The van der Waals surface area contributed by atoms with Crippen LogP contribution in [0.2, 0.25) is 0 Å². The Balaban J connectivity index is 2.24. The summed E-state index contributed by atoms with van der Waals surface area (Å²) in [7, 11) is 2.10. The zero-order valence-corrected chi connectivity index (χ0v) is 11.6. The summed E-state index contributed by atoms with van der Waals surface area (Å²) < 4.78 is 0. The Morgan fingerprint density at radius 3 is 2.41 bits per heavy atom. The summed E-state index contributed by atoms with van der Waals surface area (Å²) in [4.78, 5) is 0. The highest BCUT2D eigenvalue weighted by molar-refractivity contribution is 5.38. The van der Waals surface area contributed by atoms with Gasteiger partial charge < -0.3 is 5.32 Å². The van der Waals surface area contributed by atoms with E-state index in [1.54, 1.807) is 5.56 Å². The minimum absolute atomic E-state index is 0.717. The molecular formula is C16H25N. The molecule has 0 spiro atoms. The normalized spacial score (nSPS) is 24.9. The topological polar surface area (TPSA) is 12.0 Å². The molecule has 1 saturated carbocycles. The zero-order valence-electron chi connectivity index (χ0n) is 11.6. The molecule has 1 aliphatic rings. The molecule has 0 saturated heterocycles. The van der Waals surface area contributed by atoms with Crippen LogP contribution in [-0.4, -0.2) is 13.1 Å². The van der Waals surface area contributed by atoms with E-state index in [0.29, 0.717) is 0 Å². The van der Waals surface area contributed by atoms with Gasteiger partial charge in [0.25, 0.3) is 0 Å². The molecule has 2 rings (SSSR count). The lowest BCUT2D eigenvalue weighted by atomic mass is 9.79. The van der Waals surface area contributed by atoms with Gasteiger partial charge in [-0.1, -0.05) is 18.6 Å². The molecule has 0 aliphatic heterocycles. The van der Waals surface area contributed by atoms with Crippen molar-refractivity contribution in [3.8, 4) is 0 Å². The molecule has 0 radical (unpaired) electrons. The van der Waals surface area contributed by atoms with Crippen molar-refractivity contribution < 1.29 is 0 Å². The standard InChI is InChI=1S/C16H25N/c1-11-8-13(3)16(9-12(11)2)14-6-5-7-15(10-14)17-4/h8-9,14-15,17H,5-7,10H2,1-4H3. The summed E-state index contributed by atoms with van der Waals surface area (Å²) in [6.45, 7) is 6.71. The third kappa shape index (κ3) is 2.71. The molecule has 1 N–H and O–H groups in total. The predicted molar refractivity (Wildman–Crippen MR) is 74.7 cm³/mol. The predicted octanol–water partition coefficient (Wildman–Crippen LogP) is 3.86. The molecule has 0 heterocycles. The van der Waals surface area contributed by atoms with Crippen LogP contribution in [0.3, 0.4) is 0 Å². The molecule has 0 amide bonds. The first kappa shape index (κ1) is 12.6. The van der Waals surface area contributed by atoms with Gasteiger partial charge in [0.05, 0.1) is 0 Å². The van der Waals surface area contributed by atoms with E-state index in [0.717, 1.165) is 12.0 Å². The first-order valence-electron chi connectivity index (χ1n) is 6.87. The molecule has 1 nitrogen and oxygen atoms in total. The smallest absolute Gasteiger partial charge is 0.00698 e. The number of rotatable bonds is 2. The van der Waals surface area contributed by atoms with Crippen LogP contribution >= 0.6 is 0 Å². The molecule has 1 aliphatic carbocycles. The van der Waals surface area contributed by atoms with Crippen molar-refractivity contribution in [3.05, 3.63) is 34.4 Å². The van der Waals surface area contributed by atoms with Crippen LogP contribution in [0.15, 0.2) is 12.1 Å². The summed E-state index contributed by atoms with van der Waals surface area (Å²) in [5.74, 6) is 0.764. The van der Waals surface area contributed by atoms with Gasteiger partial charge in [0.1, 0.15) is 0 Å². The molecule has 2 atom stereocenters. The first-order valence-corrected chi connectivity index (χ1v) is 6.87. The highest BCUT2D eigenvalue weighted by atomic mass is 14.9. The second kappa shape index (κ2) is 5.22. The van der Waals surface area contributed by atoms with E-state index >= 15 is 0 Å². The van der Waals surface area contributed by atoms with Gasteiger partial charge in [-0.25, -0.2) is 0 Å².